The fourth-order valence-electron chi connectivity index (χ4n) is 1.31. The fourth-order valence-corrected chi connectivity index (χ4v) is 1.31. The van der Waals surface area contributed by atoms with Gasteiger partial charge in [0.25, 0.3) is 0 Å². The molecule has 0 spiro atoms. The number of nitrogens with one attached hydrogen (secondary N) is 1. The van der Waals surface area contributed by atoms with Gasteiger partial charge in [-0.25, -0.2) is 0 Å². The number of aryl methyl sites for hydroxylation is 1. The molecule has 0 amide bonds. The average molecular weight is 223 g/mol. The minimum atomic E-state index is -0.806. The van der Waals surface area contributed by atoms with Crippen molar-refractivity contribution >= 4 is 11.7 Å². The Balaban J connectivity index is 2.72. The first-order chi connectivity index (χ1) is 7.54. The predicted octanol–water partition coefficient (Wildman–Crippen LogP) is 2.14. The predicted molar refractivity (Wildman–Crippen MR) is 63.0 cm³/mol. The zero-order valence-corrected chi connectivity index (χ0v) is 9.78. The van der Waals surface area contributed by atoms with E-state index in [4.69, 9.17) is 9.84 Å². The molecule has 0 aliphatic heterocycles. The van der Waals surface area contributed by atoms with Gasteiger partial charge in [0.05, 0.1) is 18.7 Å². The molecule has 1 unspecified atom stereocenters. The van der Waals surface area contributed by atoms with Crippen LogP contribution in [0.2, 0.25) is 0 Å². The highest BCUT2D eigenvalue weighted by molar-refractivity contribution is 5.70. The van der Waals surface area contributed by atoms with Crippen molar-refractivity contribution in [3.8, 4) is 5.75 Å². The van der Waals surface area contributed by atoms with E-state index in [1.807, 2.05) is 25.1 Å². The Kier molecular flexibility index (Phi) is 4.17. The highest BCUT2D eigenvalue weighted by Crippen LogP contribution is 2.25. The number of methoxy groups -OCH3 is 1. The molecule has 0 saturated carbocycles. The van der Waals surface area contributed by atoms with E-state index in [-0.39, 0.29) is 0 Å². The Hall–Kier alpha value is -1.71. The smallest absolute Gasteiger partial charge is 0.308 e. The van der Waals surface area contributed by atoms with Gasteiger partial charge in [-0.15, -0.1) is 0 Å². The lowest BCUT2D eigenvalue weighted by atomic mass is 10.1. The molecule has 88 valence electrons. The monoisotopic (exact) mass is 223 g/mol. The van der Waals surface area contributed by atoms with Gasteiger partial charge in [0.1, 0.15) is 5.75 Å². The first kappa shape index (κ1) is 12.4. The van der Waals surface area contributed by atoms with Crippen molar-refractivity contribution in [2.45, 2.75) is 13.8 Å². The number of hydrogen-bond acceptors (Lipinski definition) is 3. The second-order valence-electron chi connectivity index (χ2n) is 3.82. The van der Waals surface area contributed by atoms with E-state index in [1.165, 1.54) is 0 Å². The highest BCUT2D eigenvalue weighted by Gasteiger charge is 2.11. The molecule has 0 aromatic heterocycles. The summed E-state index contributed by atoms with van der Waals surface area (Å²) in [5.74, 6) is -0.507. The molecule has 0 radical (unpaired) electrons. The summed E-state index contributed by atoms with van der Waals surface area (Å²) in [6.45, 7) is 4.03. The number of aliphatic carboxylic acids is 1. The van der Waals surface area contributed by atoms with Crippen LogP contribution >= 0.6 is 0 Å². The van der Waals surface area contributed by atoms with Crippen molar-refractivity contribution in [3.05, 3.63) is 23.8 Å². The molecule has 1 atom stereocenters. The standard InChI is InChI=1S/C12H17NO3/c1-8-4-5-11(16-3)10(6-8)13-7-9(2)12(14)15/h4-6,9,13H,7H2,1-3H3,(H,14,15). The zero-order valence-electron chi connectivity index (χ0n) is 9.78. The van der Waals surface area contributed by atoms with Gasteiger partial charge in [-0.05, 0) is 24.6 Å². The summed E-state index contributed by atoms with van der Waals surface area (Å²) < 4.78 is 5.18. The van der Waals surface area contributed by atoms with E-state index in [0.29, 0.717) is 6.54 Å². The lowest BCUT2D eigenvalue weighted by Crippen LogP contribution is -2.19. The van der Waals surface area contributed by atoms with Crippen molar-refractivity contribution < 1.29 is 14.6 Å². The zero-order chi connectivity index (χ0) is 12.1. The quantitative estimate of drug-likeness (QED) is 0.803. The van der Waals surface area contributed by atoms with E-state index in [1.54, 1.807) is 14.0 Å². The van der Waals surface area contributed by atoms with Gasteiger partial charge in [-0.2, -0.15) is 0 Å². The third-order valence-electron chi connectivity index (χ3n) is 2.38. The minimum absolute atomic E-state index is 0.384. The van der Waals surface area contributed by atoms with Crippen molar-refractivity contribution in [3.63, 3.8) is 0 Å². The summed E-state index contributed by atoms with van der Waals surface area (Å²) in [5, 5.41) is 11.9. The SMILES string of the molecule is COc1ccc(C)cc1NCC(C)C(=O)O. The van der Waals surface area contributed by atoms with Crippen LogP contribution in [0.5, 0.6) is 5.75 Å². The fraction of sp³-hybridized carbons (Fsp3) is 0.417. The van der Waals surface area contributed by atoms with Crippen LogP contribution in [0, 0.1) is 12.8 Å². The summed E-state index contributed by atoms with van der Waals surface area (Å²) >= 11 is 0. The van der Waals surface area contributed by atoms with E-state index in [2.05, 4.69) is 5.32 Å². The normalized spacial score (nSPS) is 11.9. The topological polar surface area (TPSA) is 58.6 Å². The molecule has 0 saturated heterocycles. The molecule has 0 fully saturated rings. The van der Waals surface area contributed by atoms with Gasteiger partial charge in [-0.1, -0.05) is 13.0 Å². The summed E-state index contributed by atoms with van der Waals surface area (Å²) in [4.78, 5) is 10.7. The lowest BCUT2D eigenvalue weighted by molar-refractivity contribution is -0.140. The molecule has 0 heterocycles. The summed E-state index contributed by atoms with van der Waals surface area (Å²) in [6.07, 6.45) is 0. The third-order valence-corrected chi connectivity index (χ3v) is 2.38. The van der Waals surface area contributed by atoms with Crippen molar-refractivity contribution in [2.75, 3.05) is 19.0 Å². The average Bonchev–Trinajstić information content (AvgIpc) is 2.25. The number of ether oxygens (including phenoxy) is 1. The number of hydrogen-bond donors (Lipinski definition) is 2. The Labute approximate surface area is 95.2 Å². The largest absolute Gasteiger partial charge is 0.495 e. The Morgan fingerprint density at radius 1 is 1.56 bits per heavy atom. The Bertz CT molecular complexity index is 377. The van der Waals surface area contributed by atoms with Crippen LogP contribution in [0.3, 0.4) is 0 Å². The van der Waals surface area contributed by atoms with Crippen LogP contribution in [-0.4, -0.2) is 24.7 Å². The van der Waals surface area contributed by atoms with Crippen LogP contribution in [0.4, 0.5) is 5.69 Å². The molecule has 0 bridgehead atoms. The van der Waals surface area contributed by atoms with Gasteiger partial charge in [0.15, 0.2) is 0 Å². The molecule has 2 N–H and O–H groups in total. The molecular formula is C12H17NO3. The molecule has 1 rings (SSSR count). The highest BCUT2D eigenvalue weighted by atomic mass is 16.5. The van der Waals surface area contributed by atoms with Gasteiger partial charge in [0.2, 0.25) is 0 Å². The number of carboxylic acid groups (broad SMARTS) is 1. The summed E-state index contributed by atoms with van der Waals surface area (Å²) in [5.41, 5.74) is 1.93. The van der Waals surface area contributed by atoms with E-state index in [9.17, 15) is 4.79 Å². The van der Waals surface area contributed by atoms with Gasteiger partial charge in [-0.3, -0.25) is 4.79 Å². The van der Waals surface area contributed by atoms with Crippen molar-refractivity contribution in [1.82, 2.24) is 0 Å². The van der Waals surface area contributed by atoms with Crippen LogP contribution in [0.15, 0.2) is 18.2 Å². The Morgan fingerprint density at radius 2 is 2.25 bits per heavy atom. The van der Waals surface area contributed by atoms with Crippen molar-refractivity contribution in [2.24, 2.45) is 5.92 Å². The number of benzene rings is 1. The van der Waals surface area contributed by atoms with Crippen LogP contribution < -0.4 is 10.1 Å². The first-order valence-corrected chi connectivity index (χ1v) is 5.16. The maximum atomic E-state index is 10.7. The number of anilines is 1. The van der Waals surface area contributed by atoms with Crippen molar-refractivity contribution in [1.29, 1.82) is 0 Å². The molecule has 4 heteroatoms. The Morgan fingerprint density at radius 3 is 2.81 bits per heavy atom. The third kappa shape index (κ3) is 3.15. The summed E-state index contributed by atoms with van der Waals surface area (Å²) in [6, 6.07) is 5.75. The molecule has 0 aliphatic carbocycles. The van der Waals surface area contributed by atoms with Gasteiger partial charge in [0, 0.05) is 6.54 Å². The first-order valence-electron chi connectivity index (χ1n) is 5.16. The lowest BCUT2D eigenvalue weighted by Gasteiger charge is -2.13. The number of rotatable bonds is 5. The van der Waals surface area contributed by atoms with Gasteiger partial charge >= 0.3 is 5.97 Å². The molecular weight excluding hydrogens is 206 g/mol. The molecule has 0 aliphatic rings. The maximum Gasteiger partial charge on any atom is 0.308 e. The van der Waals surface area contributed by atoms with E-state index in [0.717, 1.165) is 17.0 Å². The number of carbonyl (C=O) groups is 1. The summed E-state index contributed by atoms with van der Waals surface area (Å²) in [7, 11) is 1.59. The molecule has 1 aromatic carbocycles. The van der Waals surface area contributed by atoms with Crippen LogP contribution in [-0.2, 0) is 4.79 Å². The molecule has 16 heavy (non-hydrogen) atoms. The minimum Gasteiger partial charge on any atom is -0.495 e. The second-order valence-corrected chi connectivity index (χ2v) is 3.82. The maximum absolute atomic E-state index is 10.7. The van der Waals surface area contributed by atoms with E-state index < -0.39 is 11.9 Å². The molecule has 1 aromatic rings. The van der Waals surface area contributed by atoms with E-state index >= 15 is 0 Å². The molecule has 4 nitrogen and oxygen atoms in total. The van der Waals surface area contributed by atoms with Crippen LogP contribution in [0.1, 0.15) is 12.5 Å². The number of carboxylic acids is 1. The van der Waals surface area contributed by atoms with Gasteiger partial charge < -0.3 is 15.2 Å². The second kappa shape index (κ2) is 5.39. The van der Waals surface area contributed by atoms with Crippen LogP contribution in [0.25, 0.3) is 0 Å².